The van der Waals surface area contributed by atoms with Crippen LogP contribution in [0.15, 0.2) is 60.2 Å². The summed E-state index contributed by atoms with van der Waals surface area (Å²) in [6.45, 7) is 2.00. The van der Waals surface area contributed by atoms with Crippen molar-refractivity contribution in [1.29, 1.82) is 0 Å². The topological polar surface area (TPSA) is 98.9 Å². The predicted molar refractivity (Wildman–Crippen MR) is 158 cm³/mol. The molecule has 2 aromatic carbocycles. The molecule has 0 radical (unpaired) electrons. The van der Waals surface area contributed by atoms with Gasteiger partial charge in [0.2, 0.25) is 5.13 Å². The third-order valence-corrected chi connectivity index (χ3v) is 8.89. The van der Waals surface area contributed by atoms with Crippen LogP contribution in [0.5, 0.6) is 0 Å². The zero-order chi connectivity index (χ0) is 25.4. The first-order valence-corrected chi connectivity index (χ1v) is 14.4. The molecule has 10 heteroatoms. The van der Waals surface area contributed by atoms with E-state index in [0.717, 1.165) is 60.0 Å². The number of hydrogen-bond donors (Lipinski definition) is 2. The lowest BCUT2D eigenvalue weighted by Crippen LogP contribution is -2.34. The maximum Gasteiger partial charge on any atom is 0.203 e. The number of thiazole rings is 1. The standard InChI is InChI=1S/C27H27N7S3/c28-25(35)19-3-1-2-18(15-19)22-16-34(20-8-11-33(12-9-20)27-30-10-13-36-27)23-14-17(4-6-21(22)23)5-7-24-31-32-26(29)37-24/h1-4,6,10,13-16,20H,5,7-9,11-12H2,(H2,28,35)(H2,29,32). The van der Waals surface area contributed by atoms with Crippen LogP contribution in [-0.2, 0) is 12.8 Å². The number of fused-ring (bicyclic) bond motifs is 1. The number of nitrogen functional groups attached to an aromatic ring is 1. The minimum absolute atomic E-state index is 0.416. The van der Waals surface area contributed by atoms with Crippen LogP contribution in [0.4, 0.5) is 10.3 Å². The van der Waals surface area contributed by atoms with Gasteiger partial charge in [-0.2, -0.15) is 0 Å². The van der Waals surface area contributed by atoms with E-state index in [4.69, 9.17) is 23.7 Å². The Labute approximate surface area is 228 Å². The predicted octanol–water partition coefficient (Wildman–Crippen LogP) is 5.46. The van der Waals surface area contributed by atoms with Gasteiger partial charge >= 0.3 is 0 Å². The lowest BCUT2D eigenvalue weighted by Gasteiger charge is -2.33. The summed E-state index contributed by atoms with van der Waals surface area (Å²) in [6.07, 6.45) is 8.08. The molecule has 0 atom stereocenters. The van der Waals surface area contributed by atoms with Crippen LogP contribution in [0.1, 0.15) is 35.0 Å². The van der Waals surface area contributed by atoms with E-state index in [1.807, 2.05) is 23.7 Å². The van der Waals surface area contributed by atoms with Crippen molar-refractivity contribution in [2.75, 3.05) is 23.7 Å². The number of benzene rings is 2. The molecule has 1 fully saturated rings. The molecule has 6 rings (SSSR count). The van der Waals surface area contributed by atoms with Gasteiger partial charge in [-0.05, 0) is 42.5 Å². The van der Waals surface area contributed by atoms with Crippen molar-refractivity contribution >= 4 is 61.0 Å². The first kappa shape index (κ1) is 24.0. The molecule has 0 saturated carbocycles. The summed E-state index contributed by atoms with van der Waals surface area (Å²) < 4.78 is 2.49. The highest BCUT2D eigenvalue weighted by Gasteiger charge is 2.24. The van der Waals surface area contributed by atoms with Gasteiger partial charge in [0.1, 0.15) is 10.00 Å². The van der Waals surface area contributed by atoms with Crippen LogP contribution in [0, 0.1) is 0 Å². The molecular formula is C27H27N7S3. The number of thiocarbonyl (C=S) groups is 1. The van der Waals surface area contributed by atoms with Gasteiger partial charge in [-0.25, -0.2) is 4.98 Å². The van der Waals surface area contributed by atoms with E-state index in [1.165, 1.54) is 33.4 Å². The van der Waals surface area contributed by atoms with E-state index >= 15 is 0 Å². The molecule has 0 unspecified atom stereocenters. The average Bonchev–Trinajstić information content (AvgIpc) is 3.68. The van der Waals surface area contributed by atoms with E-state index in [-0.39, 0.29) is 0 Å². The molecule has 0 bridgehead atoms. The maximum atomic E-state index is 5.95. The van der Waals surface area contributed by atoms with Crippen molar-refractivity contribution in [3.63, 3.8) is 0 Å². The highest BCUT2D eigenvalue weighted by atomic mass is 32.1. The molecule has 0 amide bonds. The van der Waals surface area contributed by atoms with E-state index in [0.29, 0.717) is 16.2 Å². The van der Waals surface area contributed by atoms with Gasteiger partial charge < -0.3 is 20.9 Å². The molecule has 0 spiro atoms. The minimum Gasteiger partial charge on any atom is -0.389 e. The Bertz CT molecular complexity index is 1550. The van der Waals surface area contributed by atoms with Crippen molar-refractivity contribution in [2.24, 2.45) is 5.73 Å². The Balaban J connectivity index is 1.35. The summed E-state index contributed by atoms with van der Waals surface area (Å²) >= 11 is 8.43. The molecule has 4 N–H and O–H groups in total. The van der Waals surface area contributed by atoms with Gasteiger partial charge in [0.25, 0.3) is 0 Å². The van der Waals surface area contributed by atoms with E-state index in [1.54, 1.807) is 11.3 Å². The average molecular weight is 546 g/mol. The van der Waals surface area contributed by atoms with Gasteiger partial charge in [-0.3, -0.25) is 0 Å². The number of anilines is 2. The SMILES string of the molecule is NC(=S)c1cccc(-c2cn(C3CCN(c4nccs4)CC3)c3cc(CCc4nnc(N)s4)ccc23)c1. The minimum atomic E-state index is 0.416. The van der Waals surface area contributed by atoms with Gasteiger partial charge in [-0.15, -0.1) is 21.5 Å². The summed E-state index contributed by atoms with van der Waals surface area (Å²) in [7, 11) is 0. The zero-order valence-corrected chi connectivity index (χ0v) is 22.7. The second-order valence-corrected chi connectivity index (χ2v) is 11.7. The van der Waals surface area contributed by atoms with E-state index < -0.39 is 0 Å². The molecule has 5 aromatic rings. The second kappa shape index (κ2) is 10.2. The van der Waals surface area contributed by atoms with Gasteiger partial charge in [0.05, 0.1) is 0 Å². The third kappa shape index (κ3) is 4.96. The molecular weight excluding hydrogens is 519 g/mol. The highest BCUT2D eigenvalue weighted by Crippen LogP contribution is 2.37. The number of rotatable bonds is 7. The first-order valence-electron chi connectivity index (χ1n) is 12.3. The van der Waals surface area contributed by atoms with Crippen molar-refractivity contribution in [3.05, 3.63) is 76.4 Å². The number of nitrogens with two attached hydrogens (primary N) is 2. The monoisotopic (exact) mass is 545 g/mol. The summed E-state index contributed by atoms with van der Waals surface area (Å²) in [5, 5.41) is 14.0. The smallest absolute Gasteiger partial charge is 0.203 e. The molecule has 7 nitrogen and oxygen atoms in total. The van der Waals surface area contributed by atoms with Gasteiger partial charge in [0, 0.05) is 65.4 Å². The second-order valence-electron chi connectivity index (χ2n) is 9.31. The van der Waals surface area contributed by atoms with E-state index in [9.17, 15) is 0 Å². The fourth-order valence-corrected chi connectivity index (χ4v) is 6.58. The number of aryl methyl sites for hydroxylation is 2. The van der Waals surface area contributed by atoms with Crippen LogP contribution in [0.2, 0.25) is 0 Å². The maximum absolute atomic E-state index is 5.95. The molecule has 4 heterocycles. The van der Waals surface area contributed by atoms with Crippen molar-refractivity contribution in [2.45, 2.75) is 31.7 Å². The Kier molecular flexibility index (Phi) is 6.62. The van der Waals surface area contributed by atoms with Crippen molar-refractivity contribution < 1.29 is 0 Å². The normalized spacial score (nSPS) is 14.4. The molecule has 37 heavy (non-hydrogen) atoms. The number of aromatic nitrogens is 4. The largest absolute Gasteiger partial charge is 0.389 e. The summed E-state index contributed by atoms with van der Waals surface area (Å²) in [5.41, 5.74) is 17.5. The van der Waals surface area contributed by atoms with Crippen LogP contribution in [0.25, 0.3) is 22.0 Å². The fraction of sp³-hybridized carbons (Fsp3) is 0.259. The number of nitrogens with zero attached hydrogens (tertiary/aromatic N) is 5. The van der Waals surface area contributed by atoms with E-state index in [2.05, 4.69) is 61.2 Å². The molecule has 1 aliphatic rings. The van der Waals surface area contributed by atoms with Crippen LogP contribution in [-0.4, -0.2) is 37.8 Å². The Morgan fingerprint density at radius 3 is 2.68 bits per heavy atom. The molecule has 1 aliphatic heterocycles. The lowest BCUT2D eigenvalue weighted by molar-refractivity contribution is 0.405. The molecule has 3 aromatic heterocycles. The van der Waals surface area contributed by atoms with Crippen LogP contribution in [0.3, 0.4) is 0 Å². The fourth-order valence-electron chi connectivity index (χ4n) is 5.15. The summed E-state index contributed by atoms with van der Waals surface area (Å²) in [5.74, 6) is 0. The van der Waals surface area contributed by atoms with Crippen LogP contribution < -0.4 is 16.4 Å². The van der Waals surface area contributed by atoms with Crippen LogP contribution >= 0.6 is 34.9 Å². The quantitative estimate of drug-likeness (QED) is 0.262. The zero-order valence-electron chi connectivity index (χ0n) is 20.2. The Morgan fingerprint density at radius 2 is 1.95 bits per heavy atom. The summed E-state index contributed by atoms with van der Waals surface area (Å²) in [6, 6.07) is 15.5. The number of hydrogen-bond acceptors (Lipinski definition) is 8. The summed E-state index contributed by atoms with van der Waals surface area (Å²) in [4.78, 5) is 7.33. The van der Waals surface area contributed by atoms with Crippen molar-refractivity contribution in [3.8, 4) is 11.1 Å². The highest BCUT2D eigenvalue weighted by molar-refractivity contribution is 7.80. The van der Waals surface area contributed by atoms with Gasteiger partial charge in [-0.1, -0.05) is 53.9 Å². The van der Waals surface area contributed by atoms with Crippen molar-refractivity contribution in [1.82, 2.24) is 19.7 Å². The molecule has 188 valence electrons. The van der Waals surface area contributed by atoms with Gasteiger partial charge in [0.15, 0.2) is 5.13 Å². The molecule has 0 aliphatic carbocycles. The Morgan fingerprint density at radius 1 is 1.08 bits per heavy atom. The number of piperidine rings is 1. The lowest BCUT2D eigenvalue weighted by atomic mass is 10.0. The third-order valence-electron chi connectivity index (χ3n) is 7.01. The molecule has 1 saturated heterocycles. The first-order chi connectivity index (χ1) is 18.0. The Hall–Kier alpha value is -3.34.